The van der Waals surface area contributed by atoms with Crippen molar-refractivity contribution in [2.45, 2.75) is 32.9 Å². The summed E-state index contributed by atoms with van der Waals surface area (Å²) in [7, 11) is 0. The minimum atomic E-state index is -2.90. The van der Waals surface area contributed by atoms with Crippen LogP contribution < -0.4 is 15.4 Å². The van der Waals surface area contributed by atoms with Crippen LogP contribution in [-0.2, 0) is 13.0 Å². The van der Waals surface area contributed by atoms with Crippen molar-refractivity contribution in [1.82, 2.24) is 5.32 Å². The SMILES string of the molecule is CCCc1ccc(NC(=O)NCc2ccccc2OC(F)F)cc1. The fourth-order valence-electron chi connectivity index (χ4n) is 2.26. The number of hydrogen-bond donors (Lipinski definition) is 2. The molecule has 0 bridgehead atoms. The Morgan fingerprint density at radius 3 is 2.50 bits per heavy atom. The highest BCUT2D eigenvalue weighted by Crippen LogP contribution is 2.20. The number of benzene rings is 2. The number of halogens is 2. The Morgan fingerprint density at radius 1 is 1.12 bits per heavy atom. The van der Waals surface area contributed by atoms with Gasteiger partial charge in [0.15, 0.2) is 0 Å². The van der Waals surface area contributed by atoms with E-state index in [4.69, 9.17) is 0 Å². The highest BCUT2D eigenvalue weighted by Gasteiger charge is 2.10. The maximum absolute atomic E-state index is 12.4. The molecule has 2 amide bonds. The summed E-state index contributed by atoms with van der Waals surface area (Å²) in [4.78, 5) is 11.9. The number of carbonyl (C=O) groups excluding carboxylic acids is 1. The number of rotatable bonds is 7. The molecule has 0 unspecified atom stereocenters. The molecule has 0 heterocycles. The van der Waals surface area contributed by atoms with Crippen molar-refractivity contribution in [1.29, 1.82) is 0 Å². The Kier molecular flexibility index (Phi) is 6.54. The molecule has 0 saturated carbocycles. The smallest absolute Gasteiger partial charge is 0.387 e. The van der Waals surface area contributed by atoms with E-state index in [1.165, 1.54) is 11.6 Å². The van der Waals surface area contributed by atoms with Crippen LogP contribution in [0.3, 0.4) is 0 Å². The van der Waals surface area contributed by atoms with E-state index in [2.05, 4.69) is 22.3 Å². The van der Waals surface area contributed by atoms with Crippen LogP contribution in [0.4, 0.5) is 19.3 Å². The van der Waals surface area contributed by atoms with Crippen LogP contribution >= 0.6 is 0 Å². The third-order valence-corrected chi connectivity index (χ3v) is 3.38. The molecule has 128 valence electrons. The van der Waals surface area contributed by atoms with E-state index in [9.17, 15) is 13.6 Å². The molecule has 2 aromatic rings. The zero-order valence-electron chi connectivity index (χ0n) is 13.4. The normalized spacial score (nSPS) is 10.5. The highest BCUT2D eigenvalue weighted by atomic mass is 19.3. The number of alkyl halides is 2. The van der Waals surface area contributed by atoms with Gasteiger partial charge in [0, 0.05) is 17.8 Å². The average Bonchev–Trinajstić information content (AvgIpc) is 2.56. The Morgan fingerprint density at radius 2 is 1.83 bits per heavy atom. The Balaban J connectivity index is 1.89. The van der Waals surface area contributed by atoms with Crippen molar-refractivity contribution >= 4 is 11.7 Å². The van der Waals surface area contributed by atoms with Gasteiger partial charge in [0.05, 0.1) is 0 Å². The van der Waals surface area contributed by atoms with Gasteiger partial charge in [-0.2, -0.15) is 8.78 Å². The van der Waals surface area contributed by atoms with Crippen molar-refractivity contribution in [3.63, 3.8) is 0 Å². The Bertz CT molecular complexity index is 660. The van der Waals surface area contributed by atoms with E-state index >= 15 is 0 Å². The predicted molar refractivity (Wildman–Crippen MR) is 89.4 cm³/mol. The molecule has 0 aliphatic rings. The summed E-state index contributed by atoms with van der Waals surface area (Å²) in [6.45, 7) is -0.709. The standard InChI is InChI=1S/C18H20F2N2O2/c1-2-5-13-8-10-15(11-9-13)22-18(23)21-12-14-6-3-4-7-16(14)24-17(19)20/h3-4,6-11,17H,2,5,12H2,1H3,(H2,21,22,23). The third-order valence-electron chi connectivity index (χ3n) is 3.38. The van der Waals surface area contributed by atoms with Crippen molar-refractivity contribution in [3.8, 4) is 5.75 Å². The molecular weight excluding hydrogens is 314 g/mol. The summed E-state index contributed by atoms with van der Waals surface area (Å²) in [5, 5.41) is 5.33. The van der Waals surface area contributed by atoms with E-state index < -0.39 is 12.6 Å². The number of amides is 2. The number of para-hydroxylation sites is 1. The van der Waals surface area contributed by atoms with Gasteiger partial charge in [-0.25, -0.2) is 4.79 Å². The summed E-state index contributed by atoms with van der Waals surface area (Å²) in [5.41, 5.74) is 2.36. The van der Waals surface area contributed by atoms with Crippen LogP contribution in [0.1, 0.15) is 24.5 Å². The molecule has 0 aromatic heterocycles. The Labute approximate surface area is 139 Å². The van der Waals surface area contributed by atoms with Gasteiger partial charge in [0.2, 0.25) is 0 Å². The first kappa shape index (κ1) is 17.7. The van der Waals surface area contributed by atoms with Gasteiger partial charge < -0.3 is 15.4 Å². The fourth-order valence-corrected chi connectivity index (χ4v) is 2.26. The summed E-state index contributed by atoms with van der Waals surface area (Å²) in [5.74, 6) is 0.0525. The summed E-state index contributed by atoms with van der Waals surface area (Å²) >= 11 is 0. The van der Waals surface area contributed by atoms with Crippen LogP contribution in [-0.4, -0.2) is 12.6 Å². The predicted octanol–water partition coefficient (Wildman–Crippen LogP) is 4.56. The van der Waals surface area contributed by atoms with Gasteiger partial charge in [0.25, 0.3) is 0 Å². The van der Waals surface area contributed by atoms with Crippen molar-refractivity contribution in [2.75, 3.05) is 5.32 Å². The quantitative estimate of drug-likeness (QED) is 0.780. The zero-order chi connectivity index (χ0) is 17.4. The number of carbonyl (C=O) groups is 1. The van der Waals surface area contributed by atoms with E-state index in [-0.39, 0.29) is 12.3 Å². The van der Waals surface area contributed by atoms with E-state index in [0.29, 0.717) is 11.3 Å². The molecule has 0 aliphatic carbocycles. The molecule has 0 saturated heterocycles. The van der Waals surface area contributed by atoms with Gasteiger partial charge in [-0.3, -0.25) is 0 Å². The monoisotopic (exact) mass is 334 g/mol. The summed E-state index contributed by atoms with van der Waals surface area (Å²) in [6, 6.07) is 13.5. The number of ether oxygens (including phenoxy) is 1. The topological polar surface area (TPSA) is 50.4 Å². The number of hydrogen-bond acceptors (Lipinski definition) is 2. The van der Waals surface area contributed by atoms with Crippen LogP contribution in [0.15, 0.2) is 48.5 Å². The number of urea groups is 1. The first-order valence-corrected chi connectivity index (χ1v) is 7.75. The molecule has 0 spiro atoms. The minimum Gasteiger partial charge on any atom is -0.434 e. The highest BCUT2D eigenvalue weighted by molar-refractivity contribution is 5.89. The second kappa shape index (κ2) is 8.86. The molecular formula is C18H20F2N2O2. The van der Waals surface area contributed by atoms with Crippen LogP contribution in [0.25, 0.3) is 0 Å². The molecule has 0 radical (unpaired) electrons. The molecule has 0 aliphatic heterocycles. The maximum atomic E-state index is 12.4. The van der Waals surface area contributed by atoms with Gasteiger partial charge in [-0.15, -0.1) is 0 Å². The van der Waals surface area contributed by atoms with Gasteiger partial charge in [0.1, 0.15) is 5.75 Å². The number of anilines is 1. The molecule has 2 N–H and O–H groups in total. The lowest BCUT2D eigenvalue weighted by Crippen LogP contribution is -2.28. The molecule has 2 rings (SSSR count). The van der Waals surface area contributed by atoms with Crippen molar-refractivity contribution in [2.24, 2.45) is 0 Å². The van der Waals surface area contributed by atoms with Gasteiger partial charge >= 0.3 is 12.6 Å². The van der Waals surface area contributed by atoms with Gasteiger partial charge in [-0.1, -0.05) is 43.7 Å². The van der Waals surface area contributed by atoms with Crippen molar-refractivity contribution in [3.05, 3.63) is 59.7 Å². The Hall–Kier alpha value is -2.63. The third kappa shape index (κ3) is 5.53. The molecule has 6 heteroatoms. The molecule has 24 heavy (non-hydrogen) atoms. The summed E-state index contributed by atoms with van der Waals surface area (Å²) < 4.78 is 29.1. The van der Waals surface area contributed by atoms with Crippen LogP contribution in [0.5, 0.6) is 5.75 Å². The van der Waals surface area contributed by atoms with E-state index in [0.717, 1.165) is 12.8 Å². The lowest BCUT2D eigenvalue weighted by molar-refractivity contribution is -0.0504. The molecule has 0 fully saturated rings. The van der Waals surface area contributed by atoms with Crippen LogP contribution in [0.2, 0.25) is 0 Å². The first-order valence-electron chi connectivity index (χ1n) is 7.75. The lowest BCUT2D eigenvalue weighted by atomic mass is 10.1. The molecule has 4 nitrogen and oxygen atoms in total. The first-order chi connectivity index (χ1) is 11.6. The fraction of sp³-hybridized carbons (Fsp3) is 0.278. The second-order valence-electron chi connectivity index (χ2n) is 5.24. The largest absolute Gasteiger partial charge is 0.434 e. The zero-order valence-corrected chi connectivity index (χ0v) is 13.4. The molecule has 0 atom stereocenters. The van der Waals surface area contributed by atoms with Crippen LogP contribution in [0, 0.1) is 0 Å². The second-order valence-corrected chi connectivity index (χ2v) is 5.24. The minimum absolute atomic E-state index is 0.0525. The summed E-state index contributed by atoms with van der Waals surface area (Å²) in [6.07, 6.45) is 2.06. The van der Waals surface area contributed by atoms with E-state index in [1.54, 1.807) is 18.2 Å². The number of aryl methyl sites for hydroxylation is 1. The van der Waals surface area contributed by atoms with Crippen molar-refractivity contribution < 1.29 is 18.3 Å². The number of nitrogens with one attached hydrogen (secondary N) is 2. The lowest BCUT2D eigenvalue weighted by Gasteiger charge is -2.12. The van der Waals surface area contributed by atoms with E-state index in [1.807, 2.05) is 24.3 Å². The maximum Gasteiger partial charge on any atom is 0.387 e. The average molecular weight is 334 g/mol. The molecule has 2 aromatic carbocycles. The van der Waals surface area contributed by atoms with Gasteiger partial charge in [-0.05, 0) is 30.2 Å².